The van der Waals surface area contributed by atoms with Gasteiger partial charge >= 0.3 is 11.9 Å². The van der Waals surface area contributed by atoms with E-state index in [9.17, 15) is 14.4 Å². The standard InChI is InChI=1S/C22H34O7Si/c1-18(2,3)28-17(25)22-15(23)9-11-20(29-22,13-21(22)12-10-16(24)27-21)14-26-30(7,8)19(4,5)6/h10,12H,9,11,13-14H2,1-8H3/t20-,21+,22-/m0/s1. The van der Waals surface area contributed by atoms with E-state index >= 15 is 0 Å². The van der Waals surface area contributed by atoms with Gasteiger partial charge in [0.25, 0.3) is 5.60 Å². The fourth-order valence-corrected chi connectivity index (χ4v) is 5.15. The van der Waals surface area contributed by atoms with Gasteiger partial charge in [0.05, 0.1) is 12.2 Å². The molecular formula is C22H34O7Si. The predicted octanol–water partition coefficient (Wildman–Crippen LogP) is 3.46. The molecule has 0 unspecified atom stereocenters. The van der Waals surface area contributed by atoms with Crippen LogP contribution in [0.2, 0.25) is 18.1 Å². The number of ketones is 1. The van der Waals surface area contributed by atoms with E-state index in [1.54, 1.807) is 20.8 Å². The Morgan fingerprint density at radius 3 is 2.30 bits per heavy atom. The molecule has 168 valence electrons. The Labute approximate surface area is 179 Å². The third kappa shape index (κ3) is 3.56. The van der Waals surface area contributed by atoms with Gasteiger partial charge in [0.1, 0.15) is 5.60 Å². The summed E-state index contributed by atoms with van der Waals surface area (Å²) in [6.45, 7) is 16.1. The van der Waals surface area contributed by atoms with Gasteiger partial charge in [-0.05, 0) is 51.4 Å². The minimum atomic E-state index is -2.11. The van der Waals surface area contributed by atoms with E-state index in [2.05, 4.69) is 33.9 Å². The Kier molecular flexibility index (Phi) is 5.20. The first-order valence-electron chi connectivity index (χ1n) is 10.5. The van der Waals surface area contributed by atoms with E-state index in [0.717, 1.165) is 0 Å². The van der Waals surface area contributed by atoms with Crippen molar-refractivity contribution in [2.45, 2.75) is 101 Å². The molecule has 0 radical (unpaired) electrons. The van der Waals surface area contributed by atoms with Crippen molar-refractivity contribution in [3.63, 3.8) is 0 Å². The molecule has 1 spiro atoms. The molecule has 30 heavy (non-hydrogen) atoms. The lowest BCUT2D eigenvalue weighted by molar-refractivity contribution is -0.216. The predicted molar refractivity (Wildman–Crippen MR) is 112 cm³/mol. The molecule has 0 aromatic carbocycles. The SMILES string of the molecule is CC(C)(C)OC(=O)[C@@]12O[C@@](CO[Si](C)(C)C(C)(C)C)(CCC1=O)C[C@]21C=CC(=O)O1. The van der Waals surface area contributed by atoms with E-state index in [-0.39, 0.29) is 24.5 Å². The van der Waals surface area contributed by atoms with Crippen molar-refractivity contribution in [3.05, 3.63) is 12.2 Å². The van der Waals surface area contributed by atoms with Gasteiger partial charge in [0.15, 0.2) is 19.7 Å². The van der Waals surface area contributed by atoms with Crippen LogP contribution < -0.4 is 0 Å². The molecule has 7 nitrogen and oxygen atoms in total. The molecule has 0 N–H and O–H groups in total. The first-order chi connectivity index (χ1) is 13.5. The minimum Gasteiger partial charge on any atom is -0.457 e. The maximum Gasteiger partial charge on any atom is 0.351 e. The lowest BCUT2D eigenvalue weighted by Gasteiger charge is -2.42. The first kappa shape index (κ1) is 23.2. The topological polar surface area (TPSA) is 88.1 Å². The van der Waals surface area contributed by atoms with Crippen LogP contribution in [0.1, 0.15) is 60.8 Å². The number of Topliss-reactive ketones (excluding diaryl/α,β-unsaturated/α-hetero) is 1. The Bertz CT molecular complexity index is 803. The monoisotopic (exact) mass is 438 g/mol. The Balaban J connectivity index is 2.01. The van der Waals surface area contributed by atoms with Crippen LogP contribution in [0.5, 0.6) is 0 Å². The van der Waals surface area contributed by atoms with Crippen LogP contribution in [0.4, 0.5) is 0 Å². The highest BCUT2D eigenvalue weighted by Gasteiger charge is 2.77. The first-order valence-corrected chi connectivity index (χ1v) is 13.4. The molecule has 3 atom stereocenters. The molecule has 3 aliphatic heterocycles. The summed E-state index contributed by atoms with van der Waals surface area (Å²) in [5.41, 5.74) is -5.24. The highest BCUT2D eigenvalue weighted by molar-refractivity contribution is 6.74. The lowest BCUT2D eigenvalue weighted by atomic mass is 9.79. The van der Waals surface area contributed by atoms with Gasteiger partial charge in [-0.1, -0.05) is 20.8 Å². The summed E-state index contributed by atoms with van der Waals surface area (Å²) in [5.74, 6) is -1.83. The number of fused-ring (bicyclic) bond motifs is 3. The average Bonchev–Trinajstić information content (AvgIpc) is 3.05. The molecule has 3 aliphatic rings. The molecule has 0 saturated carbocycles. The summed E-state index contributed by atoms with van der Waals surface area (Å²) >= 11 is 0. The van der Waals surface area contributed by atoms with Crippen molar-refractivity contribution in [1.82, 2.24) is 0 Å². The zero-order valence-electron chi connectivity index (χ0n) is 19.3. The maximum absolute atomic E-state index is 13.3. The summed E-state index contributed by atoms with van der Waals surface area (Å²) < 4.78 is 24.0. The third-order valence-electron chi connectivity index (χ3n) is 6.71. The normalized spacial score (nSPS) is 33.9. The zero-order valence-corrected chi connectivity index (χ0v) is 20.3. The minimum absolute atomic E-state index is 0.00754. The number of hydrogen-bond acceptors (Lipinski definition) is 7. The van der Waals surface area contributed by atoms with Gasteiger partial charge in [-0.25, -0.2) is 9.59 Å². The summed E-state index contributed by atoms with van der Waals surface area (Å²) in [4.78, 5) is 38.6. The largest absolute Gasteiger partial charge is 0.457 e. The molecular weight excluding hydrogens is 404 g/mol. The molecule has 2 saturated heterocycles. The van der Waals surface area contributed by atoms with Crippen molar-refractivity contribution in [3.8, 4) is 0 Å². The van der Waals surface area contributed by atoms with Gasteiger partial charge in [-0.15, -0.1) is 0 Å². The van der Waals surface area contributed by atoms with Crippen molar-refractivity contribution < 1.29 is 33.0 Å². The van der Waals surface area contributed by atoms with Gasteiger partial charge in [-0.2, -0.15) is 0 Å². The van der Waals surface area contributed by atoms with Crippen molar-refractivity contribution in [1.29, 1.82) is 0 Å². The van der Waals surface area contributed by atoms with E-state index < -0.39 is 48.4 Å². The van der Waals surface area contributed by atoms with E-state index in [1.807, 2.05) is 0 Å². The van der Waals surface area contributed by atoms with Crippen LogP contribution in [-0.4, -0.2) is 55.1 Å². The van der Waals surface area contributed by atoms with Crippen LogP contribution >= 0.6 is 0 Å². The number of carbonyl (C=O) groups is 3. The molecule has 0 aromatic rings. The van der Waals surface area contributed by atoms with Crippen LogP contribution in [0.3, 0.4) is 0 Å². The summed E-state index contributed by atoms with van der Waals surface area (Å²) in [5, 5.41) is -0.00754. The highest BCUT2D eigenvalue weighted by Crippen LogP contribution is 2.57. The summed E-state index contributed by atoms with van der Waals surface area (Å²) in [7, 11) is -2.11. The van der Waals surface area contributed by atoms with Crippen LogP contribution in [0, 0.1) is 0 Å². The average molecular weight is 439 g/mol. The molecule has 8 heteroatoms. The van der Waals surface area contributed by atoms with E-state index in [0.29, 0.717) is 6.42 Å². The number of esters is 2. The molecule has 0 aromatic heterocycles. The van der Waals surface area contributed by atoms with E-state index in [1.165, 1.54) is 12.2 Å². The fraction of sp³-hybridized carbons (Fsp3) is 0.773. The van der Waals surface area contributed by atoms with Gasteiger partial charge in [0, 0.05) is 18.9 Å². The van der Waals surface area contributed by atoms with E-state index in [4.69, 9.17) is 18.6 Å². The quantitative estimate of drug-likeness (QED) is 0.377. The van der Waals surface area contributed by atoms with Gasteiger partial charge in [0.2, 0.25) is 0 Å². The Morgan fingerprint density at radius 1 is 1.17 bits per heavy atom. The van der Waals surface area contributed by atoms with Crippen LogP contribution in [0.25, 0.3) is 0 Å². The molecule has 2 bridgehead atoms. The second kappa shape index (κ2) is 6.74. The van der Waals surface area contributed by atoms with Crippen molar-refractivity contribution in [2.75, 3.05) is 6.61 Å². The van der Waals surface area contributed by atoms with Crippen molar-refractivity contribution in [2.24, 2.45) is 0 Å². The molecule has 0 amide bonds. The molecule has 3 heterocycles. The van der Waals surface area contributed by atoms with Crippen LogP contribution in [0.15, 0.2) is 12.2 Å². The number of rotatable bonds is 4. The number of carbonyl (C=O) groups excluding carboxylic acids is 3. The molecule has 0 aliphatic carbocycles. The lowest BCUT2D eigenvalue weighted by Crippen LogP contribution is -2.64. The van der Waals surface area contributed by atoms with Crippen LogP contribution in [-0.2, 0) is 33.0 Å². The summed E-state index contributed by atoms with van der Waals surface area (Å²) in [6.07, 6.45) is 3.47. The molecule has 2 fully saturated rings. The summed E-state index contributed by atoms with van der Waals surface area (Å²) in [6, 6.07) is 0. The zero-order chi connectivity index (χ0) is 22.8. The second-order valence-corrected chi connectivity index (χ2v) is 16.1. The Morgan fingerprint density at radius 2 is 1.80 bits per heavy atom. The van der Waals surface area contributed by atoms with Crippen molar-refractivity contribution >= 4 is 26.0 Å². The smallest absolute Gasteiger partial charge is 0.351 e. The third-order valence-corrected chi connectivity index (χ3v) is 11.2. The number of ether oxygens (including phenoxy) is 3. The van der Waals surface area contributed by atoms with Gasteiger partial charge < -0.3 is 18.6 Å². The number of hydrogen-bond donors (Lipinski definition) is 0. The fourth-order valence-electron chi connectivity index (χ4n) is 4.09. The second-order valence-electron chi connectivity index (χ2n) is 11.3. The Hall–Kier alpha value is -1.51. The maximum atomic E-state index is 13.3. The van der Waals surface area contributed by atoms with Gasteiger partial charge in [-0.3, -0.25) is 4.79 Å². The molecule has 3 rings (SSSR count). The highest BCUT2D eigenvalue weighted by atomic mass is 28.4.